The number of aliphatic hydroxyl groups is 1. The lowest BCUT2D eigenvalue weighted by Gasteiger charge is -2.26. The first-order valence-electron chi connectivity index (χ1n) is 9.69. The molecule has 1 aliphatic heterocycles. The summed E-state index contributed by atoms with van der Waals surface area (Å²) in [6.45, 7) is 4.91. The van der Waals surface area contributed by atoms with Crippen LogP contribution in [0.3, 0.4) is 0 Å². The lowest BCUT2D eigenvalue weighted by atomic mass is 9.87. The van der Waals surface area contributed by atoms with Gasteiger partial charge < -0.3 is 20.6 Å². The maximum atomic E-state index is 12.2. The summed E-state index contributed by atoms with van der Waals surface area (Å²) in [7, 11) is 0. The standard InChI is InChI=1S/C20H31N3O2/c1-15(17-7-5-8-18(13-17)23-10-2-3-11-23)22-20(25)21-14-16-6-4-9-19(24)12-16/h5,7-8,13,15-16,19,24H,2-4,6,9-12,14H2,1H3,(H2,21,22,25). The molecule has 1 aromatic carbocycles. The topological polar surface area (TPSA) is 64.6 Å². The number of hydrogen-bond acceptors (Lipinski definition) is 3. The summed E-state index contributed by atoms with van der Waals surface area (Å²) in [5.74, 6) is 0.392. The molecule has 0 radical (unpaired) electrons. The molecule has 2 amide bonds. The van der Waals surface area contributed by atoms with Gasteiger partial charge in [-0.1, -0.05) is 18.6 Å². The third kappa shape index (κ3) is 5.11. The summed E-state index contributed by atoms with van der Waals surface area (Å²) in [5, 5.41) is 15.7. The van der Waals surface area contributed by atoms with Crippen LogP contribution < -0.4 is 15.5 Å². The first kappa shape index (κ1) is 18.1. The molecule has 2 aliphatic rings. The van der Waals surface area contributed by atoms with Crippen LogP contribution in [-0.4, -0.2) is 36.9 Å². The molecule has 1 aliphatic carbocycles. The molecule has 0 spiro atoms. The lowest BCUT2D eigenvalue weighted by molar-refractivity contribution is 0.101. The van der Waals surface area contributed by atoms with E-state index in [-0.39, 0.29) is 18.2 Å². The van der Waals surface area contributed by atoms with Crippen molar-refractivity contribution in [2.24, 2.45) is 5.92 Å². The molecule has 5 heteroatoms. The molecule has 0 aromatic heterocycles. The molecule has 25 heavy (non-hydrogen) atoms. The van der Waals surface area contributed by atoms with Gasteiger partial charge in [0.15, 0.2) is 0 Å². The van der Waals surface area contributed by atoms with Gasteiger partial charge in [-0.15, -0.1) is 0 Å². The summed E-state index contributed by atoms with van der Waals surface area (Å²) >= 11 is 0. The molecule has 3 rings (SSSR count). The van der Waals surface area contributed by atoms with Gasteiger partial charge in [-0.2, -0.15) is 0 Å². The van der Waals surface area contributed by atoms with Crippen molar-refractivity contribution in [1.82, 2.24) is 10.6 Å². The van der Waals surface area contributed by atoms with Crippen LogP contribution in [0.2, 0.25) is 0 Å². The summed E-state index contributed by atoms with van der Waals surface area (Å²) < 4.78 is 0. The van der Waals surface area contributed by atoms with Gasteiger partial charge in [0.05, 0.1) is 12.1 Å². The zero-order chi connectivity index (χ0) is 17.6. The van der Waals surface area contributed by atoms with E-state index in [9.17, 15) is 9.90 Å². The predicted octanol–water partition coefficient (Wildman–Crippen LogP) is 3.20. The lowest BCUT2D eigenvalue weighted by Crippen LogP contribution is -2.40. The minimum Gasteiger partial charge on any atom is -0.393 e. The molecule has 138 valence electrons. The second kappa shape index (κ2) is 8.56. The van der Waals surface area contributed by atoms with Crippen molar-refractivity contribution < 1.29 is 9.90 Å². The Morgan fingerprint density at radius 1 is 1.28 bits per heavy atom. The van der Waals surface area contributed by atoms with Gasteiger partial charge in [0.2, 0.25) is 0 Å². The number of aliphatic hydroxyl groups excluding tert-OH is 1. The summed E-state index contributed by atoms with van der Waals surface area (Å²) in [6, 6.07) is 8.33. The Morgan fingerprint density at radius 3 is 2.84 bits per heavy atom. The van der Waals surface area contributed by atoms with Crippen LogP contribution in [0.15, 0.2) is 24.3 Å². The second-order valence-corrected chi connectivity index (χ2v) is 7.55. The summed E-state index contributed by atoms with van der Waals surface area (Å²) in [5.41, 5.74) is 2.38. The van der Waals surface area contributed by atoms with E-state index in [4.69, 9.17) is 0 Å². The van der Waals surface area contributed by atoms with Gasteiger partial charge >= 0.3 is 6.03 Å². The van der Waals surface area contributed by atoms with E-state index in [2.05, 4.69) is 39.8 Å². The highest BCUT2D eigenvalue weighted by molar-refractivity contribution is 5.74. The van der Waals surface area contributed by atoms with Crippen molar-refractivity contribution in [2.45, 2.75) is 57.6 Å². The highest BCUT2D eigenvalue weighted by atomic mass is 16.3. The van der Waals surface area contributed by atoms with E-state index in [1.165, 1.54) is 18.5 Å². The number of nitrogens with zero attached hydrogens (tertiary/aromatic N) is 1. The zero-order valence-electron chi connectivity index (χ0n) is 15.2. The maximum Gasteiger partial charge on any atom is 0.315 e. The number of rotatable bonds is 5. The van der Waals surface area contributed by atoms with Crippen LogP contribution in [0, 0.1) is 5.92 Å². The molecule has 1 saturated heterocycles. The number of anilines is 1. The second-order valence-electron chi connectivity index (χ2n) is 7.55. The first-order valence-corrected chi connectivity index (χ1v) is 9.69. The van der Waals surface area contributed by atoms with Gasteiger partial charge in [0.25, 0.3) is 0 Å². The number of carbonyl (C=O) groups excluding carboxylic acids is 1. The van der Waals surface area contributed by atoms with Gasteiger partial charge in [-0.05, 0) is 62.6 Å². The average Bonchev–Trinajstić information content (AvgIpc) is 3.15. The molecule has 1 heterocycles. The van der Waals surface area contributed by atoms with Crippen molar-refractivity contribution in [3.05, 3.63) is 29.8 Å². The Hall–Kier alpha value is -1.75. The van der Waals surface area contributed by atoms with E-state index in [1.54, 1.807) is 0 Å². The van der Waals surface area contributed by atoms with E-state index in [0.29, 0.717) is 12.5 Å². The molecule has 3 unspecified atom stereocenters. The summed E-state index contributed by atoms with van der Waals surface area (Å²) in [6.07, 6.45) is 6.16. The van der Waals surface area contributed by atoms with Gasteiger partial charge in [-0.3, -0.25) is 0 Å². The predicted molar refractivity (Wildman–Crippen MR) is 101 cm³/mol. The average molecular weight is 345 g/mol. The maximum absolute atomic E-state index is 12.2. The first-order chi connectivity index (χ1) is 12.1. The van der Waals surface area contributed by atoms with Crippen molar-refractivity contribution >= 4 is 11.7 Å². The largest absolute Gasteiger partial charge is 0.393 e. The van der Waals surface area contributed by atoms with Crippen LogP contribution in [-0.2, 0) is 0 Å². The third-order valence-corrected chi connectivity index (χ3v) is 5.50. The highest BCUT2D eigenvalue weighted by Crippen LogP contribution is 2.25. The van der Waals surface area contributed by atoms with Crippen LogP contribution >= 0.6 is 0 Å². The van der Waals surface area contributed by atoms with Crippen LogP contribution in [0.1, 0.15) is 57.1 Å². The van der Waals surface area contributed by atoms with Gasteiger partial charge in [0, 0.05) is 25.3 Å². The Balaban J connectivity index is 1.48. The van der Waals surface area contributed by atoms with Crippen LogP contribution in [0.4, 0.5) is 10.5 Å². The summed E-state index contributed by atoms with van der Waals surface area (Å²) in [4.78, 5) is 14.6. The number of hydrogen-bond donors (Lipinski definition) is 3. The number of amides is 2. The van der Waals surface area contributed by atoms with Crippen molar-refractivity contribution in [1.29, 1.82) is 0 Å². The fourth-order valence-electron chi connectivity index (χ4n) is 3.98. The molecule has 0 bridgehead atoms. The zero-order valence-corrected chi connectivity index (χ0v) is 15.2. The molecule has 3 atom stereocenters. The monoisotopic (exact) mass is 345 g/mol. The molecular weight excluding hydrogens is 314 g/mol. The number of carbonyl (C=O) groups is 1. The quantitative estimate of drug-likeness (QED) is 0.768. The fourth-order valence-corrected chi connectivity index (χ4v) is 3.98. The molecule has 5 nitrogen and oxygen atoms in total. The molecular formula is C20H31N3O2. The van der Waals surface area contributed by atoms with E-state index in [1.807, 2.05) is 6.92 Å². The van der Waals surface area contributed by atoms with Gasteiger partial charge in [-0.25, -0.2) is 4.79 Å². The minimum atomic E-state index is -0.198. The normalized spacial score (nSPS) is 24.8. The third-order valence-electron chi connectivity index (χ3n) is 5.50. The van der Waals surface area contributed by atoms with E-state index in [0.717, 1.165) is 44.3 Å². The molecule has 1 aromatic rings. The van der Waals surface area contributed by atoms with Crippen molar-refractivity contribution in [3.63, 3.8) is 0 Å². The minimum absolute atomic E-state index is 0.0282. The molecule has 2 fully saturated rings. The van der Waals surface area contributed by atoms with Gasteiger partial charge in [0.1, 0.15) is 0 Å². The van der Waals surface area contributed by atoms with Crippen LogP contribution in [0.5, 0.6) is 0 Å². The van der Waals surface area contributed by atoms with E-state index < -0.39 is 0 Å². The number of nitrogens with one attached hydrogen (secondary N) is 2. The smallest absolute Gasteiger partial charge is 0.315 e. The Kier molecular flexibility index (Phi) is 6.19. The highest BCUT2D eigenvalue weighted by Gasteiger charge is 2.21. The number of urea groups is 1. The van der Waals surface area contributed by atoms with E-state index >= 15 is 0 Å². The number of benzene rings is 1. The fraction of sp³-hybridized carbons (Fsp3) is 0.650. The van der Waals surface area contributed by atoms with Crippen molar-refractivity contribution in [3.8, 4) is 0 Å². The Morgan fingerprint density at radius 2 is 2.08 bits per heavy atom. The Labute approximate surface area is 150 Å². The Bertz CT molecular complexity index is 572. The molecule has 1 saturated carbocycles. The molecule has 3 N–H and O–H groups in total. The van der Waals surface area contributed by atoms with Crippen LogP contribution in [0.25, 0.3) is 0 Å². The van der Waals surface area contributed by atoms with Crippen molar-refractivity contribution in [2.75, 3.05) is 24.5 Å². The SMILES string of the molecule is CC(NC(=O)NCC1CCCC(O)C1)c1cccc(N2CCCC2)c1.